The highest BCUT2D eigenvalue weighted by Gasteiger charge is 2.35. The number of anilines is 3. The number of nitrogen functional groups attached to an aromatic ring is 1. The minimum absolute atomic E-state index is 0.0183. The number of morpholine rings is 2. The number of nitrogens with one attached hydrogen (secondary N) is 2. The number of halogens is 6. The van der Waals surface area contributed by atoms with Gasteiger partial charge in [0.05, 0.1) is 71.8 Å². The Morgan fingerprint density at radius 1 is 1.02 bits per heavy atom. The average molecular weight is 643 g/mol. The third kappa shape index (κ3) is 8.98. The van der Waals surface area contributed by atoms with Gasteiger partial charge in [0.2, 0.25) is 0 Å². The first-order valence-electron chi connectivity index (χ1n) is 13.4. The number of alkyl halides is 6. The van der Waals surface area contributed by atoms with Gasteiger partial charge < -0.3 is 35.5 Å². The molecule has 0 aliphatic carbocycles. The molecule has 0 radical (unpaired) electrons. The molecule has 45 heavy (non-hydrogen) atoms. The topological polar surface area (TPSA) is 163 Å². The highest BCUT2D eigenvalue weighted by molar-refractivity contribution is 6.37. The molecule has 2 heterocycles. The van der Waals surface area contributed by atoms with Crippen LogP contribution in [0.1, 0.15) is 40.8 Å². The summed E-state index contributed by atoms with van der Waals surface area (Å²) in [7, 11) is 0. The van der Waals surface area contributed by atoms with Gasteiger partial charge in [0.1, 0.15) is 12.1 Å². The molecule has 2 fully saturated rings. The highest BCUT2D eigenvalue weighted by Crippen LogP contribution is 2.38. The zero-order valence-corrected chi connectivity index (χ0v) is 23.8. The van der Waals surface area contributed by atoms with Crippen molar-refractivity contribution in [2.45, 2.75) is 25.4 Å². The number of ether oxygens (including phenoxy) is 3. The number of hydrogen-bond acceptors (Lipinski definition) is 10. The van der Waals surface area contributed by atoms with Crippen molar-refractivity contribution in [1.29, 1.82) is 10.5 Å². The molecule has 4 N–H and O–H groups in total. The first kappa shape index (κ1) is 34.9. The maximum absolute atomic E-state index is 13.2. The lowest BCUT2D eigenvalue weighted by atomic mass is 9.97. The summed E-state index contributed by atoms with van der Waals surface area (Å²) in [5.41, 5.74) is 3.12. The number of amides is 1. The summed E-state index contributed by atoms with van der Waals surface area (Å²) >= 11 is 0. The van der Waals surface area contributed by atoms with E-state index in [1.54, 1.807) is 11.0 Å². The van der Waals surface area contributed by atoms with Crippen LogP contribution in [0, 0.1) is 22.7 Å². The second-order valence-electron chi connectivity index (χ2n) is 9.50. The smallest absolute Gasteiger partial charge is 0.416 e. The second-order valence-corrected chi connectivity index (χ2v) is 9.50. The number of benzene rings is 2. The predicted molar refractivity (Wildman–Crippen MR) is 147 cm³/mol. The average Bonchev–Trinajstić information content (AvgIpc) is 3.00. The first-order chi connectivity index (χ1) is 21.2. The van der Waals surface area contributed by atoms with E-state index in [2.05, 4.69) is 10.1 Å². The number of nitrogens with zero attached hydrogens (tertiary/aromatic N) is 3. The summed E-state index contributed by atoms with van der Waals surface area (Å²) < 4.78 is 93.0. The van der Waals surface area contributed by atoms with Crippen molar-refractivity contribution in [2.75, 3.05) is 68.6 Å². The molecule has 1 amide bonds. The summed E-state index contributed by atoms with van der Waals surface area (Å²) in [5.74, 6) is -2.50. The Balaban J connectivity index is 0.000000257. The van der Waals surface area contributed by atoms with Gasteiger partial charge in [0.25, 0.3) is 0 Å². The van der Waals surface area contributed by atoms with Crippen LogP contribution < -0.4 is 21.3 Å². The largest absolute Gasteiger partial charge is 0.459 e. The molecule has 0 spiro atoms. The normalized spacial score (nSPS) is 16.8. The molecule has 0 bridgehead atoms. The van der Waals surface area contributed by atoms with Crippen molar-refractivity contribution in [3.05, 3.63) is 52.1 Å². The Morgan fingerprint density at radius 3 is 2.18 bits per heavy atom. The fourth-order valence-electron chi connectivity index (χ4n) is 4.43. The van der Waals surface area contributed by atoms with Gasteiger partial charge in [-0.2, -0.15) is 36.9 Å². The van der Waals surface area contributed by atoms with Gasteiger partial charge >= 0.3 is 24.2 Å². The van der Waals surface area contributed by atoms with Crippen molar-refractivity contribution in [3.8, 4) is 12.1 Å². The van der Waals surface area contributed by atoms with Gasteiger partial charge in [-0.1, -0.05) is 0 Å². The molecule has 242 valence electrons. The molecule has 4 rings (SSSR count). The predicted octanol–water partition coefficient (Wildman–Crippen LogP) is 3.74. The van der Waals surface area contributed by atoms with E-state index < -0.39 is 47.1 Å². The van der Waals surface area contributed by atoms with Crippen LogP contribution in [0.2, 0.25) is 0 Å². The zero-order chi connectivity index (χ0) is 33.4. The van der Waals surface area contributed by atoms with Crippen LogP contribution in [0.3, 0.4) is 0 Å². The van der Waals surface area contributed by atoms with Crippen LogP contribution in [-0.2, 0) is 36.2 Å². The summed E-state index contributed by atoms with van der Waals surface area (Å²) in [5, 5.41) is 23.5. The minimum atomic E-state index is -4.70. The van der Waals surface area contributed by atoms with Gasteiger partial charge in [-0.05, 0) is 31.2 Å². The fourth-order valence-corrected chi connectivity index (χ4v) is 4.43. The monoisotopic (exact) mass is 642 g/mol. The van der Waals surface area contributed by atoms with Crippen LogP contribution in [0.15, 0.2) is 24.3 Å². The number of nitrogens with two attached hydrogens (primary N) is 1. The Morgan fingerprint density at radius 2 is 1.64 bits per heavy atom. The van der Waals surface area contributed by atoms with Crippen LogP contribution in [0.5, 0.6) is 0 Å². The van der Waals surface area contributed by atoms with Gasteiger partial charge in [0.15, 0.2) is 0 Å². The summed E-state index contributed by atoms with van der Waals surface area (Å²) in [6.45, 7) is 3.96. The molecule has 2 aromatic rings. The third-order valence-electron chi connectivity index (χ3n) is 6.53. The van der Waals surface area contributed by atoms with E-state index in [1.807, 2.05) is 11.4 Å². The molecule has 2 aliphatic heterocycles. The van der Waals surface area contributed by atoms with Crippen LogP contribution in [-0.4, -0.2) is 64.5 Å². The van der Waals surface area contributed by atoms with E-state index in [1.165, 1.54) is 6.92 Å². The molecule has 17 heteroatoms. The minimum Gasteiger partial charge on any atom is -0.459 e. The molecule has 2 aromatic carbocycles. The number of carbonyl (C=O) groups excluding carboxylic acids is 2. The second kappa shape index (κ2) is 14.9. The van der Waals surface area contributed by atoms with E-state index in [9.17, 15) is 41.2 Å². The van der Waals surface area contributed by atoms with Crippen molar-refractivity contribution < 1.29 is 50.1 Å². The maximum atomic E-state index is 13.2. The Bertz CT molecular complexity index is 1470. The number of esters is 1. The fraction of sp³-hybridized carbons (Fsp3) is 0.429. The van der Waals surface area contributed by atoms with E-state index in [0.29, 0.717) is 52.1 Å². The first-order valence-corrected chi connectivity index (χ1v) is 13.4. The molecule has 1 unspecified atom stereocenters. The van der Waals surface area contributed by atoms with Crippen molar-refractivity contribution in [1.82, 2.24) is 5.32 Å². The van der Waals surface area contributed by atoms with Crippen molar-refractivity contribution in [2.24, 2.45) is 0 Å². The van der Waals surface area contributed by atoms with E-state index in [4.69, 9.17) is 20.5 Å². The number of nitriles is 2. The Hall–Kier alpha value is -4.58. The lowest BCUT2D eigenvalue weighted by Gasteiger charge is -2.30. The van der Waals surface area contributed by atoms with E-state index >= 15 is 0 Å². The quantitative estimate of drug-likeness (QED) is 0.194. The molecule has 11 nitrogen and oxygen atoms in total. The Kier molecular flexibility index (Phi) is 11.6. The number of rotatable bonds is 4. The van der Waals surface area contributed by atoms with Crippen LogP contribution >= 0.6 is 0 Å². The molecule has 0 saturated carbocycles. The van der Waals surface area contributed by atoms with Crippen molar-refractivity contribution >= 4 is 28.9 Å². The van der Waals surface area contributed by atoms with Crippen molar-refractivity contribution in [3.63, 3.8) is 0 Å². The van der Waals surface area contributed by atoms with Gasteiger partial charge in [-0.15, -0.1) is 0 Å². The Labute approximate surface area is 253 Å². The molecular weight excluding hydrogens is 614 g/mol. The molecule has 0 aromatic heterocycles. The summed E-state index contributed by atoms with van der Waals surface area (Å²) in [6, 6.07) is 6.83. The molecule has 1 atom stereocenters. The van der Waals surface area contributed by atoms with E-state index in [0.717, 1.165) is 18.2 Å². The van der Waals surface area contributed by atoms with Gasteiger partial charge in [0, 0.05) is 31.7 Å². The van der Waals surface area contributed by atoms with Crippen LogP contribution in [0.25, 0.3) is 0 Å². The van der Waals surface area contributed by atoms with Gasteiger partial charge in [-0.3, -0.25) is 4.79 Å². The molecular formula is C28H28F6N6O5. The zero-order valence-electron chi connectivity index (χ0n) is 23.8. The number of carbonyl (C=O) groups is 2. The van der Waals surface area contributed by atoms with Crippen LogP contribution in [0.4, 0.5) is 43.4 Å². The molecule has 2 saturated heterocycles. The molecule has 2 aliphatic rings. The lowest BCUT2D eigenvalue weighted by Crippen LogP contribution is -2.37. The number of hydrogen-bond donors (Lipinski definition) is 3. The SMILES string of the molecule is CCOC(=O)C(=O)Nc1cc(C(F)(F)F)cc(N2CCOCC2)c1C#N.N#Cc1c(N)cc(C(F)(F)F)cc1C1CNCCO1. The van der Waals surface area contributed by atoms with Gasteiger partial charge in [-0.25, -0.2) is 4.79 Å². The standard InChI is InChI=1S/C16H16F3N3O4.C12H12F3N3O/c1-2-26-15(24)14(23)21-12-7-10(16(17,18)19)8-13(11(12)9-20)22-3-5-25-6-4-22;13-12(14,15)7-3-8(9(5-16)10(17)4-7)11-6-18-1-2-19-11/h7-8H,2-6H2,1H3,(H,21,23);3-4,11,18H,1-2,6,17H2. The van der Waals surface area contributed by atoms with E-state index in [-0.39, 0.29) is 34.7 Å². The lowest BCUT2D eigenvalue weighted by molar-refractivity contribution is -0.152. The summed E-state index contributed by atoms with van der Waals surface area (Å²) in [6.07, 6.45) is -9.79. The summed E-state index contributed by atoms with van der Waals surface area (Å²) in [4.78, 5) is 24.8. The highest BCUT2D eigenvalue weighted by atomic mass is 19.4. The third-order valence-corrected chi connectivity index (χ3v) is 6.53. The maximum Gasteiger partial charge on any atom is 0.416 e.